The van der Waals surface area contributed by atoms with Crippen molar-refractivity contribution in [1.29, 1.82) is 0 Å². The summed E-state index contributed by atoms with van der Waals surface area (Å²) in [7, 11) is 0. The van der Waals surface area contributed by atoms with Gasteiger partial charge in [-0.15, -0.1) is 0 Å². The second-order valence-electron chi connectivity index (χ2n) is 5.10. The Morgan fingerprint density at radius 2 is 1.88 bits per heavy atom. The SMILES string of the molecule is NC1=C(c2ccncc2)N(F)CC=C1c1c(F)ccc(C=O)c1F. The lowest BCUT2D eigenvalue weighted by molar-refractivity contribution is 0.111. The van der Waals surface area contributed by atoms with Gasteiger partial charge in [0.15, 0.2) is 6.29 Å². The minimum atomic E-state index is -1.03. The molecule has 0 saturated carbocycles. The Bertz CT molecular complexity index is 863. The van der Waals surface area contributed by atoms with Gasteiger partial charge in [0, 0.05) is 23.5 Å². The van der Waals surface area contributed by atoms with Crippen LogP contribution in [0.4, 0.5) is 13.3 Å². The van der Waals surface area contributed by atoms with Gasteiger partial charge in [0.05, 0.1) is 29.1 Å². The number of allylic oxidation sites excluding steroid dienone is 1. The molecule has 1 aromatic carbocycles. The maximum Gasteiger partial charge on any atom is 0.153 e. The molecule has 0 amide bonds. The van der Waals surface area contributed by atoms with Crippen molar-refractivity contribution in [2.75, 3.05) is 6.54 Å². The van der Waals surface area contributed by atoms with E-state index in [0.29, 0.717) is 10.7 Å². The van der Waals surface area contributed by atoms with Crippen LogP contribution < -0.4 is 5.73 Å². The molecule has 2 N–H and O–H groups in total. The summed E-state index contributed by atoms with van der Waals surface area (Å²) in [6.45, 7) is -0.238. The Hall–Kier alpha value is -3.09. The number of hydrogen-bond acceptors (Lipinski definition) is 4. The van der Waals surface area contributed by atoms with Crippen LogP contribution in [0, 0.1) is 11.6 Å². The predicted molar refractivity (Wildman–Crippen MR) is 82.9 cm³/mol. The van der Waals surface area contributed by atoms with Crippen molar-refractivity contribution in [2.24, 2.45) is 5.73 Å². The molecular weight excluding hydrogens is 319 g/mol. The van der Waals surface area contributed by atoms with Crippen LogP contribution in [0.15, 0.2) is 48.4 Å². The summed E-state index contributed by atoms with van der Waals surface area (Å²) in [5.41, 5.74) is 5.54. The Kier molecular flexibility index (Phi) is 4.07. The van der Waals surface area contributed by atoms with E-state index in [1.165, 1.54) is 30.6 Å². The summed E-state index contributed by atoms with van der Waals surface area (Å²) in [5, 5.41) is 0.382. The van der Waals surface area contributed by atoms with Gasteiger partial charge in [-0.25, -0.2) is 13.9 Å². The quantitative estimate of drug-likeness (QED) is 0.694. The molecule has 3 rings (SSSR count). The number of aldehydes is 1. The second kappa shape index (κ2) is 6.19. The fourth-order valence-electron chi connectivity index (χ4n) is 2.58. The van der Waals surface area contributed by atoms with E-state index in [0.717, 1.165) is 12.1 Å². The number of hydrogen-bond donors (Lipinski definition) is 1. The predicted octanol–water partition coefficient (Wildman–Crippen LogP) is 3.08. The largest absolute Gasteiger partial charge is 0.396 e. The average Bonchev–Trinajstić information content (AvgIpc) is 2.58. The molecule has 122 valence electrons. The number of aromatic nitrogens is 1. The first-order chi connectivity index (χ1) is 11.5. The molecular formula is C17H12F3N3O. The summed E-state index contributed by atoms with van der Waals surface area (Å²) in [6.07, 6.45) is 4.47. The molecule has 1 aromatic heterocycles. The molecule has 0 unspecified atom stereocenters. The second-order valence-corrected chi connectivity index (χ2v) is 5.10. The molecule has 0 bridgehead atoms. The number of carbonyl (C=O) groups excluding carboxylic acids is 1. The zero-order valence-corrected chi connectivity index (χ0v) is 12.3. The molecule has 4 nitrogen and oxygen atoms in total. The first-order valence-electron chi connectivity index (χ1n) is 7.02. The lowest BCUT2D eigenvalue weighted by Crippen LogP contribution is -2.23. The first-order valence-corrected chi connectivity index (χ1v) is 7.02. The van der Waals surface area contributed by atoms with Crippen LogP contribution >= 0.6 is 0 Å². The highest BCUT2D eigenvalue weighted by Gasteiger charge is 2.27. The van der Waals surface area contributed by atoms with Gasteiger partial charge >= 0.3 is 0 Å². The topological polar surface area (TPSA) is 59.2 Å². The monoisotopic (exact) mass is 331 g/mol. The number of benzene rings is 1. The number of rotatable bonds is 3. The molecule has 24 heavy (non-hydrogen) atoms. The lowest BCUT2D eigenvalue weighted by Gasteiger charge is -2.25. The van der Waals surface area contributed by atoms with Crippen LogP contribution in [0.5, 0.6) is 0 Å². The highest BCUT2D eigenvalue weighted by molar-refractivity contribution is 5.91. The minimum Gasteiger partial charge on any atom is -0.396 e. The van der Waals surface area contributed by atoms with Crippen molar-refractivity contribution >= 4 is 17.6 Å². The van der Waals surface area contributed by atoms with Crippen LogP contribution in [-0.2, 0) is 0 Å². The highest BCUT2D eigenvalue weighted by atomic mass is 19.2. The van der Waals surface area contributed by atoms with Crippen molar-refractivity contribution in [1.82, 2.24) is 10.1 Å². The van der Waals surface area contributed by atoms with Crippen molar-refractivity contribution < 1.29 is 18.1 Å². The summed E-state index contributed by atoms with van der Waals surface area (Å²) >= 11 is 0. The third-order valence-corrected chi connectivity index (χ3v) is 3.71. The summed E-state index contributed by atoms with van der Waals surface area (Å²) in [5.74, 6) is -1.91. The number of nitrogens with two attached hydrogens (primary N) is 1. The normalized spacial score (nSPS) is 14.6. The molecule has 2 heterocycles. The molecule has 7 heteroatoms. The van der Waals surface area contributed by atoms with E-state index in [-0.39, 0.29) is 35.4 Å². The van der Waals surface area contributed by atoms with Gasteiger partial charge in [-0.2, -0.15) is 0 Å². The van der Waals surface area contributed by atoms with Gasteiger partial charge in [-0.05, 0) is 24.3 Å². The van der Waals surface area contributed by atoms with Crippen molar-refractivity contribution in [3.8, 4) is 0 Å². The Morgan fingerprint density at radius 1 is 1.17 bits per heavy atom. The van der Waals surface area contributed by atoms with E-state index in [4.69, 9.17) is 5.73 Å². The minimum absolute atomic E-state index is 0.00872. The highest BCUT2D eigenvalue weighted by Crippen LogP contribution is 2.35. The van der Waals surface area contributed by atoms with Crippen LogP contribution in [0.2, 0.25) is 0 Å². The van der Waals surface area contributed by atoms with Gasteiger partial charge in [0.1, 0.15) is 11.6 Å². The van der Waals surface area contributed by atoms with Crippen LogP contribution in [0.3, 0.4) is 0 Å². The lowest BCUT2D eigenvalue weighted by atomic mass is 9.94. The fourth-order valence-corrected chi connectivity index (χ4v) is 2.58. The zero-order chi connectivity index (χ0) is 17.3. The summed E-state index contributed by atoms with van der Waals surface area (Å²) < 4.78 is 42.8. The number of carbonyl (C=O) groups is 1. The third-order valence-electron chi connectivity index (χ3n) is 3.71. The van der Waals surface area contributed by atoms with E-state index < -0.39 is 17.2 Å². The molecule has 1 aliphatic heterocycles. The van der Waals surface area contributed by atoms with Gasteiger partial charge < -0.3 is 5.73 Å². The molecule has 0 spiro atoms. The van der Waals surface area contributed by atoms with Gasteiger partial charge in [0.2, 0.25) is 0 Å². The van der Waals surface area contributed by atoms with Gasteiger partial charge in [0.25, 0.3) is 0 Å². The Labute approximate surface area is 135 Å². The molecule has 0 aliphatic carbocycles. The Balaban J connectivity index is 2.20. The molecule has 2 aromatic rings. The van der Waals surface area contributed by atoms with Crippen LogP contribution in [-0.4, -0.2) is 22.9 Å². The molecule has 1 aliphatic rings. The molecule has 0 atom stereocenters. The third kappa shape index (κ3) is 2.54. The van der Waals surface area contributed by atoms with Crippen molar-refractivity contribution in [2.45, 2.75) is 0 Å². The standard InChI is InChI=1S/C17H12F3N3O/c18-13-2-1-11(9-24)15(19)14(13)12-5-8-23(20)17(16(12)21)10-3-6-22-7-4-10/h1-7,9H,8,21H2. The maximum absolute atomic E-state index is 14.4. The van der Waals surface area contributed by atoms with Crippen LogP contribution in [0.25, 0.3) is 11.3 Å². The molecule has 0 fully saturated rings. The van der Waals surface area contributed by atoms with Gasteiger partial charge in [-0.3, -0.25) is 9.78 Å². The van der Waals surface area contributed by atoms with E-state index in [9.17, 15) is 18.1 Å². The van der Waals surface area contributed by atoms with Crippen molar-refractivity contribution in [3.63, 3.8) is 0 Å². The number of pyridine rings is 1. The smallest absolute Gasteiger partial charge is 0.153 e. The Morgan fingerprint density at radius 3 is 2.54 bits per heavy atom. The van der Waals surface area contributed by atoms with Crippen LogP contribution in [0.1, 0.15) is 21.5 Å². The molecule has 0 saturated heterocycles. The maximum atomic E-state index is 14.4. The molecule has 0 radical (unpaired) electrons. The van der Waals surface area contributed by atoms with E-state index in [1.807, 2.05) is 0 Å². The first kappa shape index (κ1) is 15.8. The van der Waals surface area contributed by atoms with Gasteiger partial charge in [-0.1, -0.05) is 10.6 Å². The zero-order valence-electron chi connectivity index (χ0n) is 12.3. The summed E-state index contributed by atoms with van der Waals surface area (Å²) in [4.78, 5) is 14.7. The van der Waals surface area contributed by atoms with E-state index >= 15 is 0 Å². The van der Waals surface area contributed by atoms with Crippen molar-refractivity contribution in [3.05, 3.63) is 76.8 Å². The van der Waals surface area contributed by atoms with E-state index in [2.05, 4.69) is 4.98 Å². The fraction of sp³-hybridized carbons (Fsp3) is 0.0588. The number of nitrogens with zero attached hydrogens (tertiary/aromatic N) is 2. The number of halogens is 3. The summed E-state index contributed by atoms with van der Waals surface area (Å²) in [6, 6.07) is 5.08. The van der Waals surface area contributed by atoms with E-state index in [1.54, 1.807) is 0 Å². The average molecular weight is 331 g/mol.